The molecule has 3 aromatic rings. The number of hydrazine groups is 1. The molecule has 0 bridgehead atoms. The molecule has 0 aromatic carbocycles. The summed E-state index contributed by atoms with van der Waals surface area (Å²) < 4.78 is 12.2. The molecule has 6 rings (SSSR count). The standard InChI is InChI=1S/C30H42N10O2S/c1-4-7-22-23(19(12-31)27(33)43-22)20-15-41-16-21-25(37-42-26(20)21)28-35-29(39-11-5-8-17(2)13-39)24(32)30(36-28)40(34)14-18-9-6-10-38(18)3/h17-18,20H,4-11,13-16,32-34H2,1-3H3. The van der Waals surface area contributed by atoms with E-state index in [1.54, 1.807) is 5.01 Å². The first-order valence-corrected chi connectivity index (χ1v) is 16.1. The van der Waals surface area contributed by atoms with E-state index in [1.165, 1.54) is 17.8 Å². The van der Waals surface area contributed by atoms with Crippen molar-refractivity contribution in [2.24, 2.45) is 11.8 Å². The Labute approximate surface area is 256 Å². The van der Waals surface area contributed by atoms with Gasteiger partial charge in [0.2, 0.25) is 0 Å². The average Bonchev–Trinajstić information content (AvgIpc) is 3.69. The van der Waals surface area contributed by atoms with Crippen LogP contribution in [0.5, 0.6) is 0 Å². The number of likely N-dealkylation sites (N-methyl/N-ethyl adjacent to an activating group) is 1. The lowest BCUT2D eigenvalue weighted by Gasteiger charge is -2.34. The number of ether oxygens (including phenoxy) is 1. The predicted molar refractivity (Wildman–Crippen MR) is 169 cm³/mol. The number of nitrogens with two attached hydrogens (primary N) is 3. The molecule has 3 unspecified atom stereocenters. The number of anilines is 4. The second kappa shape index (κ2) is 12.3. The van der Waals surface area contributed by atoms with Gasteiger partial charge >= 0.3 is 0 Å². The van der Waals surface area contributed by atoms with Gasteiger partial charge in [0.1, 0.15) is 16.8 Å². The van der Waals surface area contributed by atoms with E-state index in [9.17, 15) is 5.26 Å². The number of likely N-dealkylation sites (tertiary alicyclic amines) is 1. The van der Waals surface area contributed by atoms with E-state index in [0.717, 1.165) is 67.7 Å². The van der Waals surface area contributed by atoms with Gasteiger partial charge in [-0.3, -0.25) is 5.01 Å². The van der Waals surface area contributed by atoms with Crippen LogP contribution in [0.25, 0.3) is 11.5 Å². The number of nitrogen functional groups attached to an aromatic ring is 2. The Hall–Kier alpha value is -3.44. The number of piperidine rings is 1. The SMILES string of the molecule is CCCc1sc(N)c(C#N)c1C1COCc2c(-c3nc(N(N)CC4CCCN4C)c(N)c(N4CCCC(C)C4)n3)noc21. The third-order valence-electron chi connectivity index (χ3n) is 9.08. The highest BCUT2D eigenvalue weighted by Crippen LogP contribution is 2.44. The van der Waals surface area contributed by atoms with Crippen molar-refractivity contribution in [1.29, 1.82) is 5.26 Å². The minimum Gasteiger partial charge on any atom is -0.393 e. The molecular weight excluding hydrogens is 564 g/mol. The molecule has 6 heterocycles. The third kappa shape index (κ3) is 5.53. The van der Waals surface area contributed by atoms with Crippen LogP contribution >= 0.6 is 11.3 Å². The Balaban J connectivity index is 1.43. The van der Waals surface area contributed by atoms with Crippen LogP contribution in [0.15, 0.2) is 4.52 Å². The zero-order valence-corrected chi connectivity index (χ0v) is 26.1. The average molecular weight is 607 g/mol. The summed E-state index contributed by atoms with van der Waals surface area (Å²) >= 11 is 1.47. The first-order valence-electron chi connectivity index (χ1n) is 15.3. The van der Waals surface area contributed by atoms with Crippen molar-refractivity contribution >= 4 is 33.7 Å². The summed E-state index contributed by atoms with van der Waals surface area (Å²) in [4.78, 5) is 15.6. The highest BCUT2D eigenvalue weighted by Gasteiger charge is 2.36. The van der Waals surface area contributed by atoms with Gasteiger partial charge in [0.25, 0.3) is 0 Å². The van der Waals surface area contributed by atoms with E-state index in [4.69, 9.17) is 36.5 Å². The van der Waals surface area contributed by atoms with Crippen LogP contribution in [0.3, 0.4) is 0 Å². The molecule has 3 aliphatic heterocycles. The van der Waals surface area contributed by atoms with E-state index >= 15 is 0 Å². The number of aryl methyl sites for hydroxylation is 1. The number of hydrogen-bond acceptors (Lipinski definition) is 13. The Morgan fingerprint density at radius 3 is 2.72 bits per heavy atom. The molecule has 2 fully saturated rings. The zero-order valence-electron chi connectivity index (χ0n) is 25.3. The van der Waals surface area contributed by atoms with E-state index < -0.39 is 0 Å². The maximum absolute atomic E-state index is 9.98. The van der Waals surface area contributed by atoms with Gasteiger partial charge in [-0.15, -0.1) is 11.3 Å². The van der Waals surface area contributed by atoms with Crippen molar-refractivity contribution in [3.63, 3.8) is 0 Å². The van der Waals surface area contributed by atoms with Crippen molar-refractivity contribution in [3.05, 3.63) is 27.3 Å². The van der Waals surface area contributed by atoms with Crippen molar-refractivity contribution in [1.82, 2.24) is 20.0 Å². The van der Waals surface area contributed by atoms with Crippen LogP contribution in [0, 0.1) is 17.2 Å². The fourth-order valence-electron chi connectivity index (χ4n) is 6.80. The number of nitriles is 1. The Morgan fingerprint density at radius 1 is 1.19 bits per heavy atom. The lowest BCUT2D eigenvalue weighted by molar-refractivity contribution is 0.0901. The number of nitrogens with zero attached hydrogens (tertiary/aromatic N) is 7. The Morgan fingerprint density at radius 2 is 2.00 bits per heavy atom. The number of thiophene rings is 1. The quantitative estimate of drug-likeness (QED) is 0.250. The monoisotopic (exact) mass is 606 g/mol. The Kier molecular flexibility index (Phi) is 8.46. The van der Waals surface area contributed by atoms with Crippen LogP contribution in [0.2, 0.25) is 0 Å². The van der Waals surface area contributed by atoms with Gasteiger partial charge < -0.3 is 30.5 Å². The van der Waals surface area contributed by atoms with Gasteiger partial charge in [0.05, 0.1) is 36.8 Å². The lowest BCUT2D eigenvalue weighted by atomic mass is 9.89. The van der Waals surface area contributed by atoms with Crippen LogP contribution in [0.1, 0.15) is 79.2 Å². The minimum atomic E-state index is -0.297. The molecule has 12 nitrogen and oxygen atoms in total. The smallest absolute Gasteiger partial charge is 0.186 e. The molecule has 230 valence electrons. The summed E-state index contributed by atoms with van der Waals surface area (Å²) in [5.74, 6) is 9.17. The minimum absolute atomic E-state index is 0.297. The predicted octanol–water partition coefficient (Wildman–Crippen LogP) is 3.85. The highest BCUT2D eigenvalue weighted by molar-refractivity contribution is 7.16. The summed E-state index contributed by atoms with van der Waals surface area (Å²) in [5.41, 5.74) is 16.2. The summed E-state index contributed by atoms with van der Waals surface area (Å²) in [6.07, 6.45) is 6.22. The first kappa shape index (κ1) is 29.6. The number of hydrogen-bond donors (Lipinski definition) is 3. The molecule has 2 saturated heterocycles. The summed E-state index contributed by atoms with van der Waals surface area (Å²) in [7, 11) is 2.13. The van der Waals surface area contributed by atoms with Gasteiger partial charge in [-0.1, -0.05) is 25.4 Å². The maximum Gasteiger partial charge on any atom is 0.186 e. The second-order valence-corrected chi connectivity index (χ2v) is 13.3. The van der Waals surface area contributed by atoms with Gasteiger partial charge in [0, 0.05) is 24.0 Å². The second-order valence-electron chi connectivity index (χ2n) is 12.2. The molecule has 3 atom stereocenters. The van der Waals surface area contributed by atoms with Crippen molar-refractivity contribution in [2.45, 2.75) is 70.9 Å². The van der Waals surface area contributed by atoms with Crippen LogP contribution < -0.4 is 27.2 Å². The van der Waals surface area contributed by atoms with Crippen molar-refractivity contribution < 1.29 is 9.26 Å². The lowest BCUT2D eigenvalue weighted by Crippen LogP contribution is -2.43. The number of rotatable bonds is 8. The van der Waals surface area contributed by atoms with Crippen LogP contribution in [0.4, 0.5) is 22.3 Å². The number of fused-ring (bicyclic) bond motifs is 1. The summed E-state index contributed by atoms with van der Waals surface area (Å²) in [5, 5.41) is 16.7. The maximum atomic E-state index is 9.98. The van der Waals surface area contributed by atoms with Gasteiger partial charge in [-0.25, -0.2) is 15.8 Å². The molecule has 43 heavy (non-hydrogen) atoms. The molecule has 6 N–H and O–H groups in total. The van der Waals surface area contributed by atoms with Crippen LogP contribution in [-0.2, 0) is 17.8 Å². The molecule has 0 spiro atoms. The van der Waals surface area contributed by atoms with E-state index in [0.29, 0.717) is 76.9 Å². The molecule has 13 heteroatoms. The largest absolute Gasteiger partial charge is 0.393 e. The summed E-state index contributed by atoms with van der Waals surface area (Å²) in [6, 6.07) is 2.64. The van der Waals surface area contributed by atoms with Gasteiger partial charge in [-0.05, 0) is 57.2 Å². The fraction of sp³-hybridized carbons (Fsp3) is 0.600. The third-order valence-corrected chi connectivity index (χ3v) is 10.2. The molecule has 0 amide bonds. The van der Waals surface area contributed by atoms with E-state index in [1.807, 2.05) is 0 Å². The topological polar surface area (TPSA) is 173 Å². The molecule has 0 radical (unpaired) electrons. The van der Waals surface area contributed by atoms with Gasteiger partial charge in [0.15, 0.2) is 28.9 Å². The number of aromatic nitrogens is 3. The fourth-order valence-corrected chi connectivity index (χ4v) is 7.99. The van der Waals surface area contributed by atoms with E-state index in [2.05, 4.69) is 41.9 Å². The van der Waals surface area contributed by atoms with Crippen molar-refractivity contribution in [3.8, 4) is 17.6 Å². The Bertz CT molecular complexity index is 1510. The normalized spacial score (nSPS) is 22.5. The van der Waals surface area contributed by atoms with E-state index in [-0.39, 0.29) is 5.92 Å². The van der Waals surface area contributed by atoms with Crippen molar-refractivity contribution in [2.75, 3.05) is 61.2 Å². The molecule has 3 aromatic heterocycles. The molecule has 3 aliphatic rings. The van der Waals surface area contributed by atoms with Crippen LogP contribution in [-0.4, -0.2) is 65.9 Å². The summed E-state index contributed by atoms with van der Waals surface area (Å²) in [6.45, 7) is 8.41. The first-order chi connectivity index (χ1) is 20.8. The zero-order chi connectivity index (χ0) is 30.2. The molecule has 0 saturated carbocycles. The molecular formula is C30H42N10O2S. The molecule has 0 aliphatic carbocycles. The highest BCUT2D eigenvalue weighted by atomic mass is 32.1. The van der Waals surface area contributed by atoms with Gasteiger partial charge in [-0.2, -0.15) is 5.26 Å².